The number of phenols is 1. The Hall–Kier alpha value is -3.32. The molecule has 1 aliphatic heterocycles. The highest BCUT2D eigenvalue weighted by Crippen LogP contribution is 2.36. The van der Waals surface area contributed by atoms with Gasteiger partial charge in [-0.15, -0.1) is 0 Å². The Balaban J connectivity index is 1.96. The summed E-state index contributed by atoms with van der Waals surface area (Å²) in [4.78, 5) is 32.0. The largest absolute Gasteiger partial charge is 0.504 e. The number of aromatic nitrogens is 1. The fraction of sp³-hybridized carbons (Fsp3) is 0.296. The Bertz CT molecular complexity index is 1610. The molecule has 2 aromatic carbocycles. The van der Waals surface area contributed by atoms with Crippen molar-refractivity contribution in [1.82, 2.24) is 4.57 Å². The van der Waals surface area contributed by atoms with Crippen LogP contribution in [0.25, 0.3) is 6.08 Å². The highest BCUT2D eigenvalue weighted by atomic mass is 127. The first-order valence-corrected chi connectivity index (χ1v) is 13.7. The van der Waals surface area contributed by atoms with Gasteiger partial charge in [0.25, 0.3) is 5.56 Å². The van der Waals surface area contributed by atoms with Crippen molar-refractivity contribution in [2.75, 3.05) is 27.4 Å². The minimum Gasteiger partial charge on any atom is -0.504 e. The number of benzene rings is 2. The second-order valence-electron chi connectivity index (χ2n) is 8.20. The van der Waals surface area contributed by atoms with Gasteiger partial charge in [0.1, 0.15) is 0 Å². The van der Waals surface area contributed by atoms with Crippen LogP contribution in [0.15, 0.2) is 51.4 Å². The Morgan fingerprint density at radius 3 is 2.53 bits per heavy atom. The number of thiazole rings is 1. The van der Waals surface area contributed by atoms with Crippen LogP contribution in [-0.4, -0.2) is 43.1 Å². The minimum atomic E-state index is -0.786. The van der Waals surface area contributed by atoms with Crippen molar-refractivity contribution >= 4 is 46.0 Å². The highest BCUT2D eigenvalue weighted by Gasteiger charge is 2.34. The van der Waals surface area contributed by atoms with Gasteiger partial charge in [-0.05, 0) is 84.8 Å². The van der Waals surface area contributed by atoms with E-state index in [4.69, 9.17) is 18.9 Å². The lowest BCUT2D eigenvalue weighted by atomic mass is 9.95. The Morgan fingerprint density at radius 2 is 1.87 bits per heavy atom. The van der Waals surface area contributed by atoms with Crippen molar-refractivity contribution in [3.8, 4) is 23.0 Å². The second-order valence-corrected chi connectivity index (χ2v) is 10.4. The maximum atomic E-state index is 13.8. The number of ether oxygens (including phenoxy) is 4. The number of rotatable bonds is 8. The van der Waals surface area contributed by atoms with Gasteiger partial charge in [-0.2, -0.15) is 0 Å². The average Bonchev–Trinajstić information content (AvgIpc) is 3.19. The lowest BCUT2D eigenvalue weighted by Gasteiger charge is -2.25. The van der Waals surface area contributed by atoms with Crippen LogP contribution in [0, 0.1) is 3.57 Å². The minimum absolute atomic E-state index is 0.0502. The maximum absolute atomic E-state index is 13.8. The molecule has 9 nitrogen and oxygen atoms in total. The summed E-state index contributed by atoms with van der Waals surface area (Å²) in [5.74, 6) is 0.828. The molecule has 1 atom stereocenters. The van der Waals surface area contributed by atoms with Crippen LogP contribution < -0.4 is 29.1 Å². The molecule has 200 valence electrons. The number of hydrogen-bond acceptors (Lipinski definition) is 9. The molecule has 0 amide bonds. The van der Waals surface area contributed by atoms with Crippen molar-refractivity contribution in [2.45, 2.75) is 26.8 Å². The van der Waals surface area contributed by atoms with E-state index in [1.54, 1.807) is 50.3 Å². The van der Waals surface area contributed by atoms with E-state index in [0.29, 0.717) is 53.6 Å². The number of esters is 1. The van der Waals surface area contributed by atoms with E-state index < -0.39 is 12.0 Å². The zero-order chi connectivity index (χ0) is 27.6. The normalized spacial score (nSPS) is 15.1. The highest BCUT2D eigenvalue weighted by molar-refractivity contribution is 14.1. The van der Waals surface area contributed by atoms with E-state index in [2.05, 4.69) is 4.99 Å². The Kier molecular flexibility index (Phi) is 8.46. The second kappa shape index (κ2) is 11.6. The standard InChI is InChI=1S/C27H27IN2O7S/c1-6-36-20-11-15(10-17(28)24(20)31)12-21-25(32)30-23(16-8-9-18(34-4)19(13-16)35-5)22(26(33)37-7-2)14(3)29-27(30)38-21/h8-13,23,31H,6-7H2,1-5H3/b21-12-/t23-/m0/s1. The maximum Gasteiger partial charge on any atom is 0.338 e. The molecule has 0 aliphatic carbocycles. The summed E-state index contributed by atoms with van der Waals surface area (Å²) >= 11 is 3.23. The summed E-state index contributed by atoms with van der Waals surface area (Å²) in [5.41, 5.74) is 1.75. The number of carbonyl (C=O) groups excluding carboxylic acids is 1. The van der Waals surface area contributed by atoms with Gasteiger partial charge in [0, 0.05) is 0 Å². The van der Waals surface area contributed by atoms with Crippen LogP contribution in [-0.2, 0) is 9.53 Å². The molecule has 1 aliphatic rings. The molecule has 0 unspecified atom stereocenters. The van der Waals surface area contributed by atoms with Crippen molar-refractivity contribution in [3.05, 3.63) is 76.0 Å². The quantitative estimate of drug-likeness (QED) is 0.294. The van der Waals surface area contributed by atoms with Gasteiger partial charge >= 0.3 is 5.97 Å². The predicted molar refractivity (Wildman–Crippen MR) is 152 cm³/mol. The average molecular weight is 650 g/mol. The van der Waals surface area contributed by atoms with E-state index in [1.807, 2.05) is 29.5 Å². The van der Waals surface area contributed by atoms with E-state index in [1.165, 1.54) is 30.1 Å². The van der Waals surface area contributed by atoms with Crippen molar-refractivity contribution < 1.29 is 28.8 Å². The molecule has 1 N–H and O–H groups in total. The number of halogens is 1. The summed E-state index contributed by atoms with van der Waals surface area (Å²) in [7, 11) is 3.06. The van der Waals surface area contributed by atoms with Crippen molar-refractivity contribution in [2.24, 2.45) is 4.99 Å². The van der Waals surface area contributed by atoms with Crippen molar-refractivity contribution in [1.29, 1.82) is 0 Å². The first kappa shape index (κ1) is 27.7. The third-order valence-corrected chi connectivity index (χ3v) is 7.69. The monoisotopic (exact) mass is 650 g/mol. The molecule has 0 saturated heterocycles. The number of aromatic hydroxyl groups is 1. The number of allylic oxidation sites excluding steroid dienone is 1. The fourth-order valence-corrected chi connectivity index (χ4v) is 5.90. The number of nitrogens with zero attached hydrogens (tertiary/aromatic N) is 2. The molecule has 0 radical (unpaired) electrons. The molecule has 38 heavy (non-hydrogen) atoms. The Labute approximate surface area is 236 Å². The summed E-state index contributed by atoms with van der Waals surface area (Å²) < 4.78 is 24.3. The summed E-state index contributed by atoms with van der Waals surface area (Å²) in [6.45, 7) is 5.85. The number of phenolic OH excluding ortho intramolecular Hbond substituents is 1. The molecule has 4 rings (SSSR count). The van der Waals surface area contributed by atoms with Crippen LogP contribution in [0.3, 0.4) is 0 Å². The molecule has 11 heteroatoms. The third kappa shape index (κ3) is 5.17. The zero-order valence-electron chi connectivity index (χ0n) is 21.5. The van der Waals surface area contributed by atoms with Crippen LogP contribution >= 0.6 is 33.9 Å². The number of methoxy groups -OCH3 is 2. The van der Waals surface area contributed by atoms with Crippen LogP contribution in [0.5, 0.6) is 23.0 Å². The van der Waals surface area contributed by atoms with Gasteiger partial charge in [-0.25, -0.2) is 9.79 Å². The molecular formula is C27H27IN2O7S. The molecule has 0 spiro atoms. The molecule has 3 aromatic rings. The Morgan fingerprint density at radius 1 is 1.13 bits per heavy atom. The van der Waals surface area contributed by atoms with Gasteiger partial charge < -0.3 is 24.1 Å². The number of carbonyl (C=O) groups is 1. The molecule has 2 heterocycles. The topological polar surface area (TPSA) is 109 Å². The zero-order valence-corrected chi connectivity index (χ0v) is 24.5. The SMILES string of the molecule is CCOC(=O)C1=C(C)N=c2s/c(=C\c3cc(I)c(O)c(OCC)c3)c(=O)n2[C@H]1c1ccc(OC)c(OC)c1. The van der Waals surface area contributed by atoms with E-state index in [-0.39, 0.29) is 23.5 Å². The molecule has 1 aromatic heterocycles. The van der Waals surface area contributed by atoms with Crippen molar-refractivity contribution in [3.63, 3.8) is 0 Å². The smallest absolute Gasteiger partial charge is 0.338 e. The summed E-state index contributed by atoms with van der Waals surface area (Å²) in [5, 5.41) is 10.3. The summed E-state index contributed by atoms with van der Waals surface area (Å²) in [6.07, 6.45) is 1.73. The van der Waals surface area contributed by atoms with E-state index >= 15 is 0 Å². The van der Waals surface area contributed by atoms with Gasteiger partial charge in [0.2, 0.25) is 0 Å². The van der Waals surface area contributed by atoms with Gasteiger partial charge in [0.15, 0.2) is 27.8 Å². The first-order chi connectivity index (χ1) is 18.2. The lowest BCUT2D eigenvalue weighted by molar-refractivity contribution is -0.139. The van der Waals surface area contributed by atoms with Gasteiger partial charge in [0.05, 0.1) is 52.8 Å². The van der Waals surface area contributed by atoms with Crippen LogP contribution in [0.1, 0.15) is 37.9 Å². The predicted octanol–water partition coefficient (Wildman–Crippen LogP) is 3.52. The third-order valence-electron chi connectivity index (χ3n) is 5.89. The fourth-order valence-electron chi connectivity index (χ4n) is 4.22. The van der Waals surface area contributed by atoms with Crippen LogP contribution in [0.4, 0.5) is 0 Å². The molecule has 0 fully saturated rings. The molecule has 0 bridgehead atoms. The van der Waals surface area contributed by atoms with E-state index in [9.17, 15) is 14.7 Å². The van der Waals surface area contributed by atoms with E-state index in [0.717, 1.165) is 0 Å². The molecule has 0 saturated carbocycles. The number of hydrogen-bond donors (Lipinski definition) is 1. The lowest BCUT2D eigenvalue weighted by Crippen LogP contribution is -2.40. The van der Waals surface area contributed by atoms with Gasteiger partial charge in [-0.1, -0.05) is 17.4 Å². The summed E-state index contributed by atoms with van der Waals surface area (Å²) in [6, 6.07) is 7.92. The first-order valence-electron chi connectivity index (χ1n) is 11.8. The van der Waals surface area contributed by atoms with Gasteiger partial charge in [-0.3, -0.25) is 9.36 Å². The van der Waals surface area contributed by atoms with Crippen LogP contribution in [0.2, 0.25) is 0 Å². The molecular weight excluding hydrogens is 623 g/mol. The number of fused-ring (bicyclic) bond motifs is 1.